The molecule has 3 fully saturated rings. The summed E-state index contributed by atoms with van der Waals surface area (Å²) in [6.45, 7) is 7.45. The minimum Gasteiger partial charge on any atom is -0.454 e. The standard InChI is InChI=1S/C29H32ClNO6/c1-15(32)36-25(2)14-35-29-10-9-26(3)27(4)16(7-8-28(26,34)22(29)13-21(33)24(25)37-29)11-19-18-6-5-17(30)12-20(18)31-23(19)27/h5-6,12-13,16,24,31,34H,7-11,14H2,1-4H3/t16-,24-,25-,26+,27+,28+,29-/m1/s1. The number of hydrogen-bond acceptors (Lipinski definition) is 6. The van der Waals surface area contributed by atoms with E-state index >= 15 is 0 Å². The fourth-order valence-electron chi connectivity index (χ4n) is 8.68. The van der Waals surface area contributed by atoms with E-state index in [-0.39, 0.29) is 17.8 Å². The number of fused-ring (bicyclic) bond motifs is 9. The zero-order chi connectivity index (χ0) is 26.2. The molecule has 0 radical (unpaired) electrons. The molecule has 3 heterocycles. The van der Waals surface area contributed by atoms with E-state index in [2.05, 4.69) is 24.9 Å². The minimum atomic E-state index is -1.30. The molecular formula is C29H32ClNO6. The van der Waals surface area contributed by atoms with Gasteiger partial charge < -0.3 is 24.3 Å². The van der Waals surface area contributed by atoms with Gasteiger partial charge >= 0.3 is 5.97 Å². The van der Waals surface area contributed by atoms with Crippen LogP contribution >= 0.6 is 11.6 Å². The van der Waals surface area contributed by atoms with Crippen molar-refractivity contribution < 1.29 is 28.9 Å². The van der Waals surface area contributed by atoms with Crippen LogP contribution < -0.4 is 0 Å². The number of benzene rings is 1. The maximum absolute atomic E-state index is 13.5. The fourth-order valence-corrected chi connectivity index (χ4v) is 8.85. The van der Waals surface area contributed by atoms with Crippen LogP contribution in [0.15, 0.2) is 29.8 Å². The van der Waals surface area contributed by atoms with Gasteiger partial charge in [0.2, 0.25) is 0 Å². The van der Waals surface area contributed by atoms with Crippen LogP contribution in [0.4, 0.5) is 0 Å². The van der Waals surface area contributed by atoms with Crippen molar-refractivity contribution in [2.75, 3.05) is 6.61 Å². The SMILES string of the molecule is CC(=O)O[C@]1(C)CO[C@@]23CC[C@]4(C)[C@](O)(CC[C@@H]5Cc6c([nH]c7cc(Cl)ccc67)[C@]54C)C2=CC(=O)[C@H]1O3. The third-order valence-electron chi connectivity index (χ3n) is 10.8. The lowest BCUT2D eigenvalue weighted by Gasteiger charge is -2.67. The molecule has 2 aromatic rings. The van der Waals surface area contributed by atoms with Crippen molar-refractivity contribution >= 4 is 34.3 Å². The summed E-state index contributed by atoms with van der Waals surface area (Å²) < 4.78 is 18.2. The number of hydrogen-bond donors (Lipinski definition) is 2. The molecule has 7 nitrogen and oxygen atoms in total. The number of aromatic nitrogens is 1. The van der Waals surface area contributed by atoms with Gasteiger partial charge in [-0.15, -0.1) is 0 Å². The van der Waals surface area contributed by atoms with E-state index in [0.717, 1.165) is 18.4 Å². The highest BCUT2D eigenvalue weighted by Gasteiger charge is 2.74. The molecule has 3 aliphatic carbocycles. The molecule has 5 aliphatic rings. The number of halogens is 1. The Morgan fingerprint density at radius 3 is 2.76 bits per heavy atom. The van der Waals surface area contributed by atoms with E-state index in [1.807, 2.05) is 12.1 Å². The van der Waals surface area contributed by atoms with Crippen molar-refractivity contribution in [3.8, 4) is 0 Å². The van der Waals surface area contributed by atoms with Gasteiger partial charge in [-0.1, -0.05) is 31.5 Å². The topological polar surface area (TPSA) is 97.9 Å². The van der Waals surface area contributed by atoms with E-state index in [9.17, 15) is 14.7 Å². The molecule has 2 saturated carbocycles. The Labute approximate surface area is 220 Å². The summed E-state index contributed by atoms with van der Waals surface area (Å²) in [6, 6.07) is 5.98. The van der Waals surface area contributed by atoms with Gasteiger partial charge in [-0.05, 0) is 62.3 Å². The highest BCUT2D eigenvalue weighted by molar-refractivity contribution is 6.31. The highest BCUT2D eigenvalue weighted by atomic mass is 35.5. The number of rotatable bonds is 1. The number of carbonyl (C=O) groups excluding carboxylic acids is 2. The first kappa shape index (κ1) is 23.9. The Balaban J connectivity index is 1.36. The zero-order valence-electron chi connectivity index (χ0n) is 21.6. The average Bonchev–Trinajstić information content (AvgIpc) is 3.33. The Bertz CT molecular complexity index is 1430. The number of ether oxygens (including phenoxy) is 3. The summed E-state index contributed by atoms with van der Waals surface area (Å²) in [5.41, 5.74) is 0.558. The number of H-pyrrole nitrogens is 1. The Morgan fingerprint density at radius 1 is 1.22 bits per heavy atom. The van der Waals surface area contributed by atoms with E-state index in [1.165, 1.54) is 29.6 Å². The lowest BCUT2D eigenvalue weighted by Crippen LogP contribution is -2.74. The second-order valence-corrected chi connectivity index (χ2v) is 12.8. The summed E-state index contributed by atoms with van der Waals surface area (Å²) in [4.78, 5) is 28.9. The van der Waals surface area contributed by atoms with Gasteiger partial charge in [0.1, 0.15) is 0 Å². The van der Waals surface area contributed by atoms with E-state index in [0.29, 0.717) is 35.8 Å². The molecule has 2 bridgehead atoms. The molecule has 0 amide bonds. The third kappa shape index (κ3) is 2.69. The molecule has 2 N–H and O–H groups in total. The number of aliphatic hydroxyl groups is 1. The Hall–Kier alpha value is -2.19. The monoisotopic (exact) mass is 525 g/mol. The van der Waals surface area contributed by atoms with Crippen LogP contribution in [0.3, 0.4) is 0 Å². The fraction of sp³-hybridized carbons (Fsp3) is 0.586. The van der Waals surface area contributed by atoms with Gasteiger partial charge in [-0.2, -0.15) is 0 Å². The molecule has 196 valence electrons. The number of nitrogens with one attached hydrogen (secondary N) is 1. The molecule has 8 heteroatoms. The van der Waals surface area contributed by atoms with Crippen LogP contribution in [0.1, 0.15) is 64.6 Å². The molecule has 1 aromatic heterocycles. The summed E-state index contributed by atoms with van der Waals surface area (Å²) >= 11 is 6.31. The molecule has 1 saturated heterocycles. The first-order valence-corrected chi connectivity index (χ1v) is 13.6. The van der Waals surface area contributed by atoms with Crippen molar-refractivity contribution in [1.29, 1.82) is 0 Å². The summed E-state index contributed by atoms with van der Waals surface area (Å²) in [5, 5.41) is 14.6. The Morgan fingerprint density at radius 2 is 2.00 bits per heavy atom. The van der Waals surface area contributed by atoms with Gasteiger partial charge in [-0.3, -0.25) is 9.59 Å². The van der Waals surface area contributed by atoms with E-state index < -0.39 is 34.5 Å². The highest BCUT2D eigenvalue weighted by Crippen LogP contribution is 2.71. The number of esters is 1. The van der Waals surface area contributed by atoms with Crippen molar-refractivity contribution in [1.82, 2.24) is 4.98 Å². The number of carbonyl (C=O) groups is 2. The smallest absolute Gasteiger partial charge is 0.303 e. The molecule has 0 unspecified atom stereocenters. The minimum absolute atomic E-state index is 0.0277. The molecular weight excluding hydrogens is 494 g/mol. The zero-order valence-corrected chi connectivity index (χ0v) is 22.3. The van der Waals surface area contributed by atoms with Crippen LogP contribution in [0.25, 0.3) is 10.9 Å². The van der Waals surface area contributed by atoms with Crippen LogP contribution in [0, 0.1) is 11.3 Å². The van der Waals surface area contributed by atoms with Crippen molar-refractivity contribution in [2.45, 2.75) is 88.3 Å². The van der Waals surface area contributed by atoms with Gasteiger partial charge in [0, 0.05) is 51.4 Å². The predicted molar refractivity (Wildman–Crippen MR) is 136 cm³/mol. The molecule has 2 aliphatic heterocycles. The summed E-state index contributed by atoms with van der Waals surface area (Å²) in [6.07, 6.45) is 4.00. The first-order valence-electron chi connectivity index (χ1n) is 13.2. The summed E-state index contributed by atoms with van der Waals surface area (Å²) in [5.74, 6) is -1.63. The molecule has 7 atom stereocenters. The van der Waals surface area contributed by atoms with E-state index in [1.54, 1.807) is 6.92 Å². The lowest BCUT2D eigenvalue weighted by atomic mass is 9.42. The third-order valence-corrected chi connectivity index (χ3v) is 11.0. The number of ketones is 1. The van der Waals surface area contributed by atoms with Crippen LogP contribution in [-0.2, 0) is 35.6 Å². The normalized spacial score (nSPS) is 43.9. The van der Waals surface area contributed by atoms with Crippen LogP contribution in [0.2, 0.25) is 5.02 Å². The second kappa shape index (κ2) is 7.06. The number of aromatic amines is 1. The molecule has 37 heavy (non-hydrogen) atoms. The van der Waals surface area contributed by atoms with Gasteiger partial charge in [0.15, 0.2) is 23.3 Å². The van der Waals surface area contributed by atoms with Crippen molar-refractivity contribution in [2.24, 2.45) is 11.3 Å². The van der Waals surface area contributed by atoms with Gasteiger partial charge in [0.25, 0.3) is 0 Å². The first-order chi connectivity index (χ1) is 17.4. The maximum Gasteiger partial charge on any atom is 0.303 e. The lowest BCUT2D eigenvalue weighted by molar-refractivity contribution is -0.350. The van der Waals surface area contributed by atoms with Crippen molar-refractivity contribution in [3.63, 3.8) is 0 Å². The van der Waals surface area contributed by atoms with Gasteiger partial charge in [-0.25, -0.2) is 0 Å². The van der Waals surface area contributed by atoms with Gasteiger partial charge in [0.05, 0.1) is 12.2 Å². The Kier molecular flexibility index (Phi) is 4.56. The van der Waals surface area contributed by atoms with E-state index in [4.69, 9.17) is 25.8 Å². The van der Waals surface area contributed by atoms with Crippen molar-refractivity contribution in [3.05, 3.63) is 46.1 Å². The largest absolute Gasteiger partial charge is 0.454 e. The second-order valence-electron chi connectivity index (χ2n) is 12.4. The van der Waals surface area contributed by atoms with Crippen LogP contribution in [-0.4, -0.2) is 51.5 Å². The maximum atomic E-state index is 13.5. The predicted octanol–water partition coefficient (Wildman–Crippen LogP) is 4.52. The quantitative estimate of drug-likeness (QED) is 0.531. The molecule has 1 spiro atoms. The van der Waals surface area contributed by atoms with Crippen LogP contribution in [0.5, 0.6) is 0 Å². The molecule has 1 aromatic carbocycles. The molecule has 7 rings (SSSR count). The average molecular weight is 526 g/mol. The summed E-state index contributed by atoms with van der Waals surface area (Å²) in [7, 11) is 0.